The first kappa shape index (κ1) is 18.5. The van der Waals surface area contributed by atoms with Crippen LogP contribution in [-0.2, 0) is 4.74 Å². The first-order valence-electron chi connectivity index (χ1n) is 8.50. The minimum Gasteiger partial charge on any atom is -0.373 e. The minimum absolute atomic E-state index is 0.0200. The van der Waals surface area contributed by atoms with E-state index in [1.165, 1.54) is 6.07 Å². The molecule has 2 aromatic carbocycles. The fourth-order valence-corrected chi connectivity index (χ4v) is 3.12. The van der Waals surface area contributed by atoms with Crippen molar-refractivity contribution in [3.05, 3.63) is 94.2 Å². The summed E-state index contributed by atoms with van der Waals surface area (Å²) < 4.78 is 5.66. The van der Waals surface area contributed by atoms with Gasteiger partial charge >= 0.3 is 0 Å². The van der Waals surface area contributed by atoms with Gasteiger partial charge in [0.1, 0.15) is 5.69 Å². The van der Waals surface area contributed by atoms with E-state index in [1.54, 1.807) is 55.7 Å². The highest BCUT2D eigenvalue weighted by Gasteiger charge is 2.38. The number of carbonyl (C=O) groups excluding carboxylic acids is 1. The molecule has 0 spiro atoms. The Labute approximate surface area is 157 Å². The molecule has 2 atom stereocenters. The molecule has 0 fully saturated rings. The van der Waals surface area contributed by atoms with Crippen molar-refractivity contribution in [3.63, 3.8) is 0 Å². The number of benzene rings is 2. The molecule has 6 heteroatoms. The third kappa shape index (κ3) is 3.80. The molecule has 0 aromatic heterocycles. The molecule has 0 saturated carbocycles. The fourth-order valence-electron chi connectivity index (χ4n) is 3.12. The Bertz CT molecular complexity index is 921. The van der Waals surface area contributed by atoms with Crippen LogP contribution in [0.25, 0.3) is 0 Å². The number of para-hydroxylation sites is 2. The van der Waals surface area contributed by atoms with E-state index in [-0.39, 0.29) is 11.5 Å². The zero-order valence-corrected chi connectivity index (χ0v) is 15.1. The van der Waals surface area contributed by atoms with Crippen LogP contribution in [0.2, 0.25) is 0 Å². The third-order valence-electron chi connectivity index (χ3n) is 4.69. The number of nitrogens with one attached hydrogen (secondary N) is 1. The Morgan fingerprint density at radius 2 is 1.81 bits per heavy atom. The summed E-state index contributed by atoms with van der Waals surface area (Å²) in [7, 11) is 1.55. The van der Waals surface area contributed by atoms with Gasteiger partial charge in [0.25, 0.3) is 5.69 Å². The van der Waals surface area contributed by atoms with E-state index in [0.717, 1.165) is 0 Å². The zero-order chi connectivity index (χ0) is 19.4. The molecule has 0 saturated heterocycles. The number of rotatable bonds is 6. The maximum absolute atomic E-state index is 12.9. The average molecular weight is 364 g/mol. The monoisotopic (exact) mass is 364 g/mol. The van der Waals surface area contributed by atoms with E-state index in [1.807, 2.05) is 25.1 Å². The molecule has 2 unspecified atom stereocenters. The molecule has 1 aliphatic carbocycles. The Morgan fingerprint density at radius 3 is 2.48 bits per heavy atom. The third-order valence-corrected chi connectivity index (χ3v) is 4.69. The summed E-state index contributed by atoms with van der Waals surface area (Å²) in [6.45, 7) is 1.82. The first-order valence-corrected chi connectivity index (χ1v) is 8.50. The standard InChI is InChI=1S/C21H20N2O4/c1-21(27-2)14-16(22-18-10-6-7-11-19(18)23(25)26)12-13-17(21)20(24)15-8-4-3-5-9-15/h3-14,17,22H,1-2H3. The van der Waals surface area contributed by atoms with Crippen molar-refractivity contribution in [2.75, 3.05) is 12.4 Å². The highest BCUT2D eigenvalue weighted by molar-refractivity contribution is 6.00. The van der Waals surface area contributed by atoms with Crippen molar-refractivity contribution in [2.24, 2.45) is 5.92 Å². The summed E-state index contributed by atoms with van der Waals surface area (Å²) in [4.78, 5) is 23.7. The molecule has 138 valence electrons. The number of hydrogen-bond donors (Lipinski definition) is 1. The van der Waals surface area contributed by atoms with Crippen LogP contribution in [0.3, 0.4) is 0 Å². The van der Waals surface area contributed by atoms with Gasteiger partial charge in [0.05, 0.1) is 16.4 Å². The van der Waals surface area contributed by atoms with Gasteiger partial charge in [-0.25, -0.2) is 0 Å². The second kappa shape index (κ2) is 7.55. The predicted octanol–water partition coefficient (Wildman–Crippen LogP) is 4.36. The number of nitrogens with zero attached hydrogens (tertiary/aromatic N) is 1. The Balaban J connectivity index is 1.89. The number of ketones is 1. The molecular formula is C21H20N2O4. The van der Waals surface area contributed by atoms with Crippen LogP contribution in [0.1, 0.15) is 17.3 Å². The minimum atomic E-state index is -0.881. The lowest BCUT2D eigenvalue weighted by atomic mass is 9.79. The summed E-state index contributed by atoms with van der Waals surface area (Å²) in [5.74, 6) is -0.543. The van der Waals surface area contributed by atoms with Crippen molar-refractivity contribution in [1.29, 1.82) is 0 Å². The van der Waals surface area contributed by atoms with Crippen molar-refractivity contribution in [2.45, 2.75) is 12.5 Å². The smallest absolute Gasteiger partial charge is 0.292 e. The highest BCUT2D eigenvalue weighted by atomic mass is 16.6. The molecule has 27 heavy (non-hydrogen) atoms. The van der Waals surface area contributed by atoms with Crippen LogP contribution in [0, 0.1) is 16.0 Å². The Hall–Kier alpha value is -3.25. The Kier molecular flexibility index (Phi) is 5.19. The number of allylic oxidation sites excluding steroid dienone is 1. The van der Waals surface area contributed by atoms with Gasteiger partial charge in [-0.3, -0.25) is 14.9 Å². The number of methoxy groups -OCH3 is 1. The van der Waals surface area contributed by atoms with Crippen LogP contribution in [-0.4, -0.2) is 23.4 Å². The number of nitro groups is 1. The van der Waals surface area contributed by atoms with Gasteiger partial charge in [-0.1, -0.05) is 48.5 Å². The number of nitro benzene ring substituents is 1. The summed E-state index contributed by atoms with van der Waals surface area (Å²) in [5, 5.41) is 14.3. The van der Waals surface area contributed by atoms with Gasteiger partial charge in [-0.2, -0.15) is 0 Å². The molecule has 0 bridgehead atoms. The highest BCUT2D eigenvalue weighted by Crippen LogP contribution is 2.34. The summed E-state index contributed by atoms with van der Waals surface area (Å²) in [5.41, 5.74) is 0.718. The van der Waals surface area contributed by atoms with E-state index in [4.69, 9.17) is 4.74 Å². The van der Waals surface area contributed by atoms with Crippen LogP contribution in [0.5, 0.6) is 0 Å². The largest absolute Gasteiger partial charge is 0.373 e. The van der Waals surface area contributed by atoms with Gasteiger partial charge in [-0.15, -0.1) is 0 Å². The lowest BCUT2D eigenvalue weighted by Gasteiger charge is -2.34. The van der Waals surface area contributed by atoms with Gasteiger partial charge in [0.15, 0.2) is 5.78 Å². The second-order valence-corrected chi connectivity index (χ2v) is 6.45. The van der Waals surface area contributed by atoms with E-state index < -0.39 is 16.4 Å². The molecule has 6 nitrogen and oxygen atoms in total. The van der Waals surface area contributed by atoms with Crippen molar-refractivity contribution >= 4 is 17.2 Å². The number of Topliss-reactive ketones (excluding diaryl/α,β-unsaturated/α-hetero) is 1. The maximum atomic E-state index is 12.9. The quantitative estimate of drug-likeness (QED) is 0.468. The second-order valence-electron chi connectivity index (χ2n) is 6.45. The topological polar surface area (TPSA) is 81.5 Å². The number of anilines is 1. The van der Waals surface area contributed by atoms with Crippen LogP contribution >= 0.6 is 0 Å². The molecule has 0 aliphatic heterocycles. The Morgan fingerprint density at radius 1 is 1.15 bits per heavy atom. The van der Waals surface area contributed by atoms with E-state index in [9.17, 15) is 14.9 Å². The molecule has 2 aromatic rings. The fraction of sp³-hybridized carbons (Fsp3) is 0.190. The van der Waals surface area contributed by atoms with Gasteiger partial charge in [-0.05, 0) is 25.1 Å². The number of hydrogen-bond acceptors (Lipinski definition) is 5. The van der Waals surface area contributed by atoms with Gasteiger partial charge in [0, 0.05) is 24.4 Å². The molecule has 3 rings (SSSR count). The summed E-state index contributed by atoms with van der Waals surface area (Å²) >= 11 is 0. The number of carbonyl (C=O) groups is 1. The van der Waals surface area contributed by atoms with Crippen molar-refractivity contribution in [3.8, 4) is 0 Å². The SMILES string of the molecule is COC1(C)C=C(Nc2ccccc2[N+](=O)[O-])C=CC1C(=O)c1ccccc1. The van der Waals surface area contributed by atoms with Crippen LogP contribution in [0.4, 0.5) is 11.4 Å². The molecule has 0 heterocycles. The lowest BCUT2D eigenvalue weighted by Crippen LogP contribution is -2.41. The first-order chi connectivity index (χ1) is 12.9. The molecule has 0 amide bonds. The molecule has 1 aliphatic rings. The normalized spacial score (nSPS) is 21.4. The predicted molar refractivity (Wildman–Crippen MR) is 104 cm³/mol. The van der Waals surface area contributed by atoms with Crippen LogP contribution in [0.15, 0.2) is 78.5 Å². The van der Waals surface area contributed by atoms with Gasteiger partial charge in [0.2, 0.25) is 0 Å². The molecule has 0 radical (unpaired) electrons. The van der Waals surface area contributed by atoms with Crippen molar-refractivity contribution in [1.82, 2.24) is 0 Å². The maximum Gasteiger partial charge on any atom is 0.292 e. The van der Waals surface area contributed by atoms with Crippen molar-refractivity contribution < 1.29 is 14.5 Å². The van der Waals surface area contributed by atoms with E-state index in [2.05, 4.69) is 5.32 Å². The average Bonchev–Trinajstić information content (AvgIpc) is 2.68. The lowest BCUT2D eigenvalue weighted by molar-refractivity contribution is -0.383. The van der Waals surface area contributed by atoms with Gasteiger partial charge < -0.3 is 10.1 Å². The van der Waals surface area contributed by atoms with Crippen LogP contribution < -0.4 is 5.32 Å². The zero-order valence-electron chi connectivity index (χ0n) is 15.1. The molecule has 1 N–H and O–H groups in total. The number of ether oxygens (including phenoxy) is 1. The summed E-state index contributed by atoms with van der Waals surface area (Å²) in [6, 6.07) is 15.5. The molecular weight excluding hydrogens is 344 g/mol. The van der Waals surface area contributed by atoms with E-state index >= 15 is 0 Å². The van der Waals surface area contributed by atoms with E-state index in [0.29, 0.717) is 16.9 Å². The summed E-state index contributed by atoms with van der Waals surface area (Å²) in [6.07, 6.45) is 5.31.